The molecule has 0 aromatic heterocycles. The van der Waals surface area contributed by atoms with Gasteiger partial charge >= 0.3 is 0 Å². The van der Waals surface area contributed by atoms with Crippen molar-refractivity contribution >= 4 is 5.78 Å². The van der Waals surface area contributed by atoms with E-state index >= 15 is 0 Å². The molecule has 0 bridgehead atoms. The molecule has 0 fully saturated rings. The summed E-state index contributed by atoms with van der Waals surface area (Å²) in [7, 11) is 0. The van der Waals surface area contributed by atoms with E-state index in [9.17, 15) is 4.79 Å². The summed E-state index contributed by atoms with van der Waals surface area (Å²) in [6.45, 7) is 8.43. The number of ketones is 1. The standard InChI is InChI=1S/C17H24O/c1-11(2)16(17(18)12(3)4)15-9-13-7-5-6-8-14(13)10-15/h5-8,11-12,15-16H,9-10H2,1-4H3. The smallest absolute Gasteiger partial charge is 0.139 e. The van der Waals surface area contributed by atoms with E-state index < -0.39 is 0 Å². The van der Waals surface area contributed by atoms with Crippen LogP contribution < -0.4 is 0 Å². The van der Waals surface area contributed by atoms with Crippen LogP contribution >= 0.6 is 0 Å². The first-order chi connectivity index (χ1) is 8.50. The lowest BCUT2D eigenvalue weighted by Gasteiger charge is -2.27. The Morgan fingerprint density at radius 1 is 1.06 bits per heavy atom. The minimum Gasteiger partial charge on any atom is -0.299 e. The van der Waals surface area contributed by atoms with Crippen LogP contribution in [0.1, 0.15) is 38.8 Å². The third-order valence-corrected chi connectivity index (χ3v) is 4.21. The molecule has 1 aromatic rings. The minimum absolute atomic E-state index is 0.154. The van der Waals surface area contributed by atoms with Gasteiger partial charge in [0.1, 0.15) is 5.78 Å². The number of fused-ring (bicyclic) bond motifs is 1. The Morgan fingerprint density at radius 3 is 1.94 bits per heavy atom. The number of rotatable bonds is 4. The summed E-state index contributed by atoms with van der Waals surface area (Å²) in [5.41, 5.74) is 2.90. The zero-order chi connectivity index (χ0) is 13.3. The summed E-state index contributed by atoms with van der Waals surface area (Å²) in [6, 6.07) is 8.64. The molecule has 1 aliphatic rings. The Labute approximate surface area is 111 Å². The predicted octanol–water partition coefficient (Wildman–Crippen LogP) is 3.90. The highest BCUT2D eigenvalue weighted by atomic mass is 16.1. The van der Waals surface area contributed by atoms with Crippen LogP contribution in [-0.2, 0) is 17.6 Å². The van der Waals surface area contributed by atoms with E-state index in [2.05, 4.69) is 38.1 Å². The van der Waals surface area contributed by atoms with Crippen molar-refractivity contribution in [1.29, 1.82) is 0 Å². The average Bonchev–Trinajstić information content (AvgIpc) is 2.71. The van der Waals surface area contributed by atoms with Gasteiger partial charge in [0, 0.05) is 11.8 Å². The van der Waals surface area contributed by atoms with Crippen LogP contribution in [0.4, 0.5) is 0 Å². The molecule has 98 valence electrons. The van der Waals surface area contributed by atoms with E-state index in [0.29, 0.717) is 17.6 Å². The number of Topliss-reactive ketones (excluding diaryl/α,β-unsaturated/α-hetero) is 1. The maximum Gasteiger partial charge on any atom is 0.139 e. The monoisotopic (exact) mass is 244 g/mol. The Hall–Kier alpha value is -1.11. The third kappa shape index (κ3) is 2.50. The van der Waals surface area contributed by atoms with Crippen molar-refractivity contribution in [2.75, 3.05) is 0 Å². The fraction of sp³-hybridized carbons (Fsp3) is 0.588. The summed E-state index contributed by atoms with van der Waals surface area (Å²) in [6.07, 6.45) is 2.16. The van der Waals surface area contributed by atoms with Crippen LogP contribution in [-0.4, -0.2) is 5.78 Å². The van der Waals surface area contributed by atoms with Crippen molar-refractivity contribution < 1.29 is 4.79 Å². The second-order valence-corrected chi connectivity index (χ2v) is 6.26. The highest BCUT2D eigenvalue weighted by Crippen LogP contribution is 2.36. The van der Waals surface area contributed by atoms with Gasteiger partial charge in [-0.15, -0.1) is 0 Å². The fourth-order valence-corrected chi connectivity index (χ4v) is 3.34. The Balaban J connectivity index is 2.19. The van der Waals surface area contributed by atoms with Crippen LogP contribution in [0, 0.1) is 23.7 Å². The van der Waals surface area contributed by atoms with Gasteiger partial charge < -0.3 is 0 Å². The quantitative estimate of drug-likeness (QED) is 0.785. The largest absolute Gasteiger partial charge is 0.299 e. The molecule has 0 radical (unpaired) electrons. The molecule has 1 heteroatoms. The fourth-order valence-electron chi connectivity index (χ4n) is 3.34. The van der Waals surface area contributed by atoms with E-state index in [1.54, 1.807) is 0 Å². The van der Waals surface area contributed by atoms with E-state index in [1.165, 1.54) is 11.1 Å². The van der Waals surface area contributed by atoms with Gasteiger partial charge in [-0.25, -0.2) is 0 Å². The van der Waals surface area contributed by atoms with E-state index in [1.807, 2.05) is 13.8 Å². The normalized spacial score (nSPS) is 17.2. The van der Waals surface area contributed by atoms with Crippen LogP contribution in [0.15, 0.2) is 24.3 Å². The van der Waals surface area contributed by atoms with Crippen molar-refractivity contribution in [1.82, 2.24) is 0 Å². The average molecular weight is 244 g/mol. The van der Waals surface area contributed by atoms with E-state index in [-0.39, 0.29) is 11.8 Å². The maximum absolute atomic E-state index is 12.4. The second kappa shape index (κ2) is 5.26. The zero-order valence-electron chi connectivity index (χ0n) is 11.9. The summed E-state index contributed by atoms with van der Waals surface area (Å²) in [5, 5.41) is 0. The van der Waals surface area contributed by atoms with Gasteiger partial charge in [0.05, 0.1) is 0 Å². The van der Waals surface area contributed by atoms with E-state index in [0.717, 1.165) is 12.8 Å². The van der Waals surface area contributed by atoms with Gasteiger partial charge in [-0.1, -0.05) is 52.0 Å². The number of carbonyl (C=O) groups excluding carboxylic acids is 1. The lowest BCUT2D eigenvalue weighted by atomic mass is 9.76. The van der Waals surface area contributed by atoms with Crippen LogP contribution in [0.2, 0.25) is 0 Å². The molecule has 1 aliphatic carbocycles. The number of hydrogen-bond acceptors (Lipinski definition) is 1. The summed E-state index contributed by atoms with van der Waals surface area (Å²) < 4.78 is 0. The molecular formula is C17H24O. The lowest BCUT2D eigenvalue weighted by molar-refractivity contribution is -0.129. The molecule has 0 saturated carbocycles. The second-order valence-electron chi connectivity index (χ2n) is 6.26. The summed E-state index contributed by atoms with van der Waals surface area (Å²) in [4.78, 5) is 12.4. The molecule has 0 spiro atoms. The summed E-state index contributed by atoms with van der Waals surface area (Å²) in [5.74, 6) is 1.78. The van der Waals surface area contributed by atoms with Crippen LogP contribution in [0.5, 0.6) is 0 Å². The molecule has 1 aromatic carbocycles. The molecular weight excluding hydrogens is 220 g/mol. The van der Waals surface area contributed by atoms with Crippen molar-refractivity contribution in [3.63, 3.8) is 0 Å². The first kappa shape index (κ1) is 13.3. The molecule has 1 nitrogen and oxygen atoms in total. The highest BCUT2D eigenvalue weighted by molar-refractivity contribution is 5.83. The molecule has 0 heterocycles. The number of carbonyl (C=O) groups is 1. The van der Waals surface area contributed by atoms with Crippen LogP contribution in [0.25, 0.3) is 0 Å². The lowest BCUT2D eigenvalue weighted by Crippen LogP contribution is -2.32. The molecule has 0 saturated heterocycles. The molecule has 0 amide bonds. The molecule has 18 heavy (non-hydrogen) atoms. The molecule has 0 N–H and O–H groups in total. The molecule has 1 unspecified atom stereocenters. The first-order valence-corrected chi connectivity index (χ1v) is 7.11. The molecule has 0 aliphatic heterocycles. The molecule has 2 rings (SSSR count). The van der Waals surface area contributed by atoms with E-state index in [4.69, 9.17) is 0 Å². The van der Waals surface area contributed by atoms with Gasteiger partial charge in [0.25, 0.3) is 0 Å². The van der Waals surface area contributed by atoms with Crippen molar-refractivity contribution in [3.05, 3.63) is 35.4 Å². The zero-order valence-corrected chi connectivity index (χ0v) is 11.9. The van der Waals surface area contributed by atoms with Gasteiger partial charge in [0.15, 0.2) is 0 Å². The number of benzene rings is 1. The third-order valence-electron chi connectivity index (χ3n) is 4.21. The maximum atomic E-state index is 12.4. The number of hydrogen-bond donors (Lipinski definition) is 0. The van der Waals surface area contributed by atoms with Crippen molar-refractivity contribution in [2.24, 2.45) is 23.7 Å². The highest BCUT2D eigenvalue weighted by Gasteiger charge is 2.35. The van der Waals surface area contributed by atoms with Crippen molar-refractivity contribution in [3.8, 4) is 0 Å². The Kier molecular flexibility index (Phi) is 3.89. The Morgan fingerprint density at radius 2 is 1.56 bits per heavy atom. The predicted molar refractivity (Wildman–Crippen MR) is 75.5 cm³/mol. The van der Waals surface area contributed by atoms with Gasteiger partial charge in [0.2, 0.25) is 0 Å². The van der Waals surface area contributed by atoms with Gasteiger partial charge in [-0.3, -0.25) is 4.79 Å². The first-order valence-electron chi connectivity index (χ1n) is 7.11. The summed E-state index contributed by atoms with van der Waals surface area (Å²) >= 11 is 0. The van der Waals surface area contributed by atoms with Gasteiger partial charge in [-0.05, 0) is 35.8 Å². The van der Waals surface area contributed by atoms with Crippen LogP contribution in [0.3, 0.4) is 0 Å². The molecule has 1 atom stereocenters. The SMILES string of the molecule is CC(C)C(=O)C(C(C)C)C1Cc2ccccc2C1. The topological polar surface area (TPSA) is 17.1 Å². The van der Waals surface area contributed by atoms with Gasteiger partial charge in [-0.2, -0.15) is 0 Å². The minimum atomic E-state index is 0.154. The Bertz CT molecular complexity index is 406. The van der Waals surface area contributed by atoms with Crippen molar-refractivity contribution in [2.45, 2.75) is 40.5 Å².